The lowest BCUT2D eigenvalue weighted by Gasteiger charge is -2.02. The molecule has 0 saturated carbocycles. The van der Waals surface area contributed by atoms with E-state index in [0.717, 1.165) is 9.88 Å². The highest BCUT2D eigenvalue weighted by Gasteiger charge is 2.07. The lowest BCUT2D eigenvalue weighted by molar-refractivity contribution is 0.300. The maximum Gasteiger partial charge on any atom is 0.123 e. The van der Waals surface area contributed by atoms with Gasteiger partial charge in [-0.2, -0.15) is 0 Å². The third-order valence-corrected chi connectivity index (χ3v) is 3.61. The average molecular weight is 233 g/mol. The van der Waals surface area contributed by atoms with Crippen LogP contribution in [0.25, 0.3) is 10.6 Å². The van der Waals surface area contributed by atoms with Crippen molar-refractivity contribution in [3.63, 3.8) is 0 Å². The SMILES string of the molecule is Cc1ccc(-c2ncc(CCO)s2)c(C)c1. The molecule has 0 aliphatic heterocycles. The minimum absolute atomic E-state index is 0.189. The van der Waals surface area contributed by atoms with E-state index in [2.05, 4.69) is 37.0 Å². The molecule has 0 atom stereocenters. The summed E-state index contributed by atoms with van der Waals surface area (Å²) >= 11 is 1.66. The van der Waals surface area contributed by atoms with Crippen molar-refractivity contribution in [3.8, 4) is 10.6 Å². The molecule has 0 radical (unpaired) electrons. The van der Waals surface area contributed by atoms with Crippen LogP contribution in [0.15, 0.2) is 24.4 Å². The Kier molecular flexibility index (Phi) is 3.36. The number of hydrogen-bond donors (Lipinski definition) is 1. The molecule has 3 heteroatoms. The second-order valence-corrected chi connectivity index (χ2v) is 5.04. The van der Waals surface area contributed by atoms with Crippen LogP contribution >= 0.6 is 11.3 Å². The van der Waals surface area contributed by atoms with Gasteiger partial charge in [0.05, 0.1) is 0 Å². The minimum Gasteiger partial charge on any atom is -0.396 e. The number of aryl methyl sites for hydroxylation is 2. The van der Waals surface area contributed by atoms with Gasteiger partial charge in [-0.05, 0) is 19.4 Å². The first kappa shape index (κ1) is 11.3. The number of aliphatic hydroxyl groups excluding tert-OH is 1. The van der Waals surface area contributed by atoms with Crippen LogP contribution in [0.2, 0.25) is 0 Å². The highest BCUT2D eigenvalue weighted by atomic mass is 32.1. The Balaban J connectivity index is 2.35. The van der Waals surface area contributed by atoms with Gasteiger partial charge in [0.15, 0.2) is 0 Å². The first-order chi connectivity index (χ1) is 7.70. The molecule has 1 aromatic heterocycles. The van der Waals surface area contributed by atoms with Gasteiger partial charge in [-0.1, -0.05) is 23.8 Å². The molecule has 84 valence electrons. The molecular weight excluding hydrogens is 218 g/mol. The van der Waals surface area contributed by atoms with Crippen LogP contribution < -0.4 is 0 Å². The van der Waals surface area contributed by atoms with Gasteiger partial charge in [-0.3, -0.25) is 0 Å². The topological polar surface area (TPSA) is 33.1 Å². The Labute approximate surface area is 99.6 Å². The number of aromatic nitrogens is 1. The molecule has 0 amide bonds. The molecular formula is C13H15NOS. The number of aliphatic hydroxyl groups is 1. The Morgan fingerprint density at radius 3 is 2.81 bits per heavy atom. The Hall–Kier alpha value is -1.19. The van der Waals surface area contributed by atoms with Crippen molar-refractivity contribution >= 4 is 11.3 Å². The third-order valence-electron chi connectivity index (χ3n) is 2.52. The van der Waals surface area contributed by atoms with Crippen molar-refractivity contribution in [1.29, 1.82) is 0 Å². The summed E-state index contributed by atoms with van der Waals surface area (Å²) in [6, 6.07) is 6.39. The van der Waals surface area contributed by atoms with E-state index >= 15 is 0 Å². The highest BCUT2D eigenvalue weighted by molar-refractivity contribution is 7.15. The number of nitrogens with zero attached hydrogens (tertiary/aromatic N) is 1. The van der Waals surface area contributed by atoms with Gasteiger partial charge >= 0.3 is 0 Å². The van der Waals surface area contributed by atoms with Gasteiger partial charge < -0.3 is 5.11 Å². The lowest BCUT2D eigenvalue weighted by Crippen LogP contribution is -1.84. The molecule has 0 fully saturated rings. The van der Waals surface area contributed by atoms with Crippen LogP contribution in [0, 0.1) is 13.8 Å². The summed E-state index contributed by atoms with van der Waals surface area (Å²) < 4.78 is 0. The maximum absolute atomic E-state index is 8.87. The van der Waals surface area contributed by atoms with Crippen LogP contribution in [0.5, 0.6) is 0 Å². The summed E-state index contributed by atoms with van der Waals surface area (Å²) in [5.41, 5.74) is 3.72. The summed E-state index contributed by atoms with van der Waals surface area (Å²) in [5.74, 6) is 0. The fraction of sp³-hybridized carbons (Fsp3) is 0.308. The highest BCUT2D eigenvalue weighted by Crippen LogP contribution is 2.28. The molecule has 1 aromatic carbocycles. The molecule has 0 unspecified atom stereocenters. The number of thiazole rings is 1. The summed E-state index contributed by atoms with van der Waals surface area (Å²) in [7, 11) is 0. The molecule has 1 N–H and O–H groups in total. The first-order valence-corrected chi connectivity index (χ1v) is 6.15. The monoisotopic (exact) mass is 233 g/mol. The minimum atomic E-state index is 0.189. The van der Waals surface area contributed by atoms with E-state index in [0.29, 0.717) is 6.42 Å². The standard InChI is InChI=1S/C13H15NOS/c1-9-3-4-12(10(2)7-9)13-14-8-11(16-13)5-6-15/h3-4,7-8,15H,5-6H2,1-2H3. The quantitative estimate of drug-likeness (QED) is 0.884. The van der Waals surface area contributed by atoms with Crippen LogP contribution in [0.4, 0.5) is 0 Å². The zero-order valence-electron chi connectivity index (χ0n) is 9.53. The molecule has 16 heavy (non-hydrogen) atoms. The van der Waals surface area contributed by atoms with E-state index in [1.807, 2.05) is 6.20 Å². The van der Waals surface area contributed by atoms with Crippen molar-refractivity contribution in [2.24, 2.45) is 0 Å². The van der Waals surface area contributed by atoms with Crippen LogP contribution in [-0.2, 0) is 6.42 Å². The van der Waals surface area contributed by atoms with Crippen molar-refractivity contribution < 1.29 is 5.11 Å². The summed E-state index contributed by atoms with van der Waals surface area (Å²) in [4.78, 5) is 5.54. The van der Waals surface area contributed by atoms with Crippen LogP contribution in [-0.4, -0.2) is 16.7 Å². The van der Waals surface area contributed by atoms with Crippen molar-refractivity contribution in [3.05, 3.63) is 40.4 Å². The van der Waals surface area contributed by atoms with Gasteiger partial charge in [0, 0.05) is 29.7 Å². The van der Waals surface area contributed by atoms with Gasteiger partial charge in [-0.15, -0.1) is 11.3 Å². The fourth-order valence-corrected chi connectivity index (χ4v) is 2.70. The molecule has 1 heterocycles. The predicted octanol–water partition coefficient (Wildman–Crippen LogP) is 2.96. The van der Waals surface area contributed by atoms with E-state index in [-0.39, 0.29) is 6.61 Å². The van der Waals surface area contributed by atoms with E-state index in [4.69, 9.17) is 5.11 Å². The molecule has 0 bridgehead atoms. The Morgan fingerprint density at radius 2 is 2.12 bits per heavy atom. The van der Waals surface area contributed by atoms with Gasteiger partial charge in [0.2, 0.25) is 0 Å². The summed E-state index contributed by atoms with van der Waals surface area (Å²) in [6.45, 7) is 4.39. The summed E-state index contributed by atoms with van der Waals surface area (Å²) in [6.07, 6.45) is 2.55. The molecule has 2 aromatic rings. The second-order valence-electron chi connectivity index (χ2n) is 3.92. The zero-order chi connectivity index (χ0) is 11.5. The molecule has 2 nitrogen and oxygen atoms in total. The van der Waals surface area contributed by atoms with Crippen molar-refractivity contribution in [2.75, 3.05) is 6.61 Å². The van der Waals surface area contributed by atoms with E-state index < -0.39 is 0 Å². The number of benzene rings is 1. The third kappa shape index (κ3) is 2.31. The zero-order valence-corrected chi connectivity index (χ0v) is 10.3. The largest absolute Gasteiger partial charge is 0.396 e. The Morgan fingerprint density at radius 1 is 1.31 bits per heavy atom. The van der Waals surface area contributed by atoms with Gasteiger partial charge in [0.1, 0.15) is 5.01 Å². The smallest absolute Gasteiger partial charge is 0.123 e. The first-order valence-electron chi connectivity index (χ1n) is 5.34. The van der Waals surface area contributed by atoms with Crippen LogP contribution in [0.3, 0.4) is 0 Å². The van der Waals surface area contributed by atoms with E-state index in [1.165, 1.54) is 16.7 Å². The van der Waals surface area contributed by atoms with Crippen LogP contribution in [0.1, 0.15) is 16.0 Å². The second kappa shape index (κ2) is 4.76. The van der Waals surface area contributed by atoms with Crippen molar-refractivity contribution in [2.45, 2.75) is 20.3 Å². The lowest BCUT2D eigenvalue weighted by atomic mass is 10.1. The van der Waals surface area contributed by atoms with Crippen molar-refractivity contribution in [1.82, 2.24) is 4.98 Å². The normalized spacial score (nSPS) is 10.7. The Bertz CT molecular complexity index is 490. The van der Waals surface area contributed by atoms with E-state index in [1.54, 1.807) is 11.3 Å². The molecule has 2 rings (SSSR count). The fourth-order valence-electron chi connectivity index (χ4n) is 1.71. The van der Waals surface area contributed by atoms with E-state index in [9.17, 15) is 0 Å². The molecule has 0 saturated heterocycles. The average Bonchev–Trinajstić information content (AvgIpc) is 2.67. The van der Waals surface area contributed by atoms with Gasteiger partial charge in [-0.25, -0.2) is 4.98 Å². The molecule has 0 spiro atoms. The van der Waals surface area contributed by atoms with Gasteiger partial charge in [0.25, 0.3) is 0 Å². The molecule has 0 aliphatic rings. The number of hydrogen-bond acceptors (Lipinski definition) is 3. The summed E-state index contributed by atoms with van der Waals surface area (Å²) in [5, 5.41) is 9.91. The predicted molar refractivity (Wildman–Crippen MR) is 67.8 cm³/mol. The maximum atomic E-state index is 8.87. The molecule has 0 aliphatic carbocycles. The number of rotatable bonds is 3.